The van der Waals surface area contributed by atoms with E-state index in [-0.39, 0.29) is 16.4 Å². The van der Waals surface area contributed by atoms with Crippen molar-refractivity contribution in [2.45, 2.75) is 19.4 Å². The van der Waals surface area contributed by atoms with E-state index in [1.54, 1.807) is 0 Å². The standard InChI is InChI=1S/C14H19N3O3/c15-16-14(20)17(10-11-4-2-1-3-5-11)8-6-12(7-9-17)13(18)19/h1-5,12H,6-10,15H2,(H-,16,18,19,20)/p+1. The third-order valence-corrected chi connectivity index (χ3v) is 4.04. The number of quaternary nitrogens is 1. The van der Waals surface area contributed by atoms with E-state index in [1.165, 1.54) is 0 Å². The highest BCUT2D eigenvalue weighted by atomic mass is 16.4. The second kappa shape index (κ2) is 6.02. The molecular formula is C14H20N3O3+. The summed E-state index contributed by atoms with van der Waals surface area (Å²) in [7, 11) is 0. The molecule has 0 bridgehead atoms. The fraction of sp³-hybridized carbons (Fsp3) is 0.429. The first-order valence-corrected chi connectivity index (χ1v) is 6.71. The Labute approximate surface area is 117 Å². The molecule has 1 aromatic carbocycles. The number of amides is 2. The minimum atomic E-state index is -0.782. The van der Waals surface area contributed by atoms with Crippen LogP contribution in [-0.4, -0.2) is 34.7 Å². The highest BCUT2D eigenvalue weighted by Gasteiger charge is 2.42. The average Bonchev–Trinajstić information content (AvgIpc) is 2.48. The van der Waals surface area contributed by atoms with Crippen LogP contribution in [-0.2, 0) is 11.3 Å². The number of nitrogens with two attached hydrogens (primary N) is 1. The molecule has 0 atom stereocenters. The van der Waals surface area contributed by atoms with Gasteiger partial charge in [0.1, 0.15) is 6.54 Å². The van der Waals surface area contributed by atoms with Crippen molar-refractivity contribution in [2.75, 3.05) is 13.1 Å². The largest absolute Gasteiger partial charge is 0.481 e. The van der Waals surface area contributed by atoms with Gasteiger partial charge in [-0.25, -0.2) is 20.5 Å². The number of nitrogens with zero attached hydrogens (tertiary/aromatic N) is 1. The number of aliphatic carboxylic acids is 1. The van der Waals surface area contributed by atoms with Crippen molar-refractivity contribution in [3.63, 3.8) is 0 Å². The van der Waals surface area contributed by atoms with Gasteiger partial charge >= 0.3 is 12.0 Å². The van der Waals surface area contributed by atoms with Crippen LogP contribution >= 0.6 is 0 Å². The number of hydrazine groups is 1. The van der Waals surface area contributed by atoms with Crippen LogP contribution in [0.5, 0.6) is 0 Å². The van der Waals surface area contributed by atoms with Crippen molar-refractivity contribution in [2.24, 2.45) is 11.8 Å². The second-order valence-corrected chi connectivity index (χ2v) is 5.30. The number of benzene rings is 1. The molecule has 108 valence electrons. The van der Waals surface area contributed by atoms with Gasteiger partial charge in [0, 0.05) is 18.4 Å². The van der Waals surface area contributed by atoms with Crippen LogP contribution in [0.3, 0.4) is 0 Å². The van der Waals surface area contributed by atoms with Crippen LogP contribution in [0, 0.1) is 5.92 Å². The van der Waals surface area contributed by atoms with Crippen molar-refractivity contribution < 1.29 is 19.2 Å². The molecule has 1 aliphatic heterocycles. The zero-order valence-corrected chi connectivity index (χ0v) is 11.3. The van der Waals surface area contributed by atoms with E-state index in [1.807, 2.05) is 30.3 Å². The number of urea groups is 1. The number of carbonyl (C=O) groups excluding carboxylic acids is 1. The van der Waals surface area contributed by atoms with Crippen molar-refractivity contribution in [1.29, 1.82) is 0 Å². The maximum atomic E-state index is 12.2. The summed E-state index contributed by atoms with van der Waals surface area (Å²) in [4.78, 5) is 23.2. The van der Waals surface area contributed by atoms with E-state index in [4.69, 9.17) is 10.9 Å². The van der Waals surface area contributed by atoms with Gasteiger partial charge in [-0.2, -0.15) is 0 Å². The molecule has 2 rings (SSSR count). The molecule has 1 aliphatic rings. The molecule has 0 radical (unpaired) electrons. The van der Waals surface area contributed by atoms with Gasteiger partial charge in [-0.15, -0.1) is 0 Å². The normalized spacial score (nSPS) is 25.9. The molecule has 1 fully saturated rings. The van der Waals surface area contributed by atoms with Crippen LogP contribution in [0.4, 0.5) is 4.79 Å². The van der Waals surface area contributed by atoms with E-state index >= 15 is 0 Å². The highest BCUT2D eigenvalue weighted by molar-refractivity contribution is 5.70. The molecule has 1 saturated heterocycles. The summed E-state index contributed by atoms with van der Waals surface area (Å²) >= 11 is 0. The average molecular weight is 278 g/mol. The Morgan fingerprint density at radius 2 is 1.85 bits per heavy atom. The van der Waals surface area contributed by atoms with Crippen molar-refractivity contribution in [3.05, 3.63) is 35.9 Å². The van der Waals surface area contributed by atoms with Gasteiger partial charge in [-0.3, -0.25) is 4.79 Å². The summed E-state index contributed by atoms with van der Waals surface area (Å²) in [5, 5.41) is 9.06. The number of carboxylic acid groups (broad SMARTS) is 1. The van der Waals surface area contributed by atoms with Crippen LogP contribution in [0.25, 0.3) is 0 Å². The third kappa shape index (κ3) is 2.97. The van der Waals surface area contributed by atoms with E-state index in [2.05, 4.69) is 5.43 Å². The first kappa shape index (κ1) is 14.5. The molecule has 20 heavy (non-hydrogen) atoms. The molecule has 0 spiro atoms. The minimum Gasteiger partial charge on any atom is -0.481 e. The first-order chi connectivity index (χ1) is 9.57. The van der Waals surface area contributed by atoms with Crippen LogP contribution < -0.4 is 11.3 Å². The van der Waals surface area contributed by atoms with E-state index < -0.39 is 5.97 Å². The van der Waals surface area contributed by atoms with Crippen molar-refractivity contribution in [1.82, 2.24) is 5.43 Å². The van der Waals surface area contributed by atoms with Gasteiger partial charge in [-0.1, -0.05) is 30.3 Å². The summed E-state index contributed by atoms with van der Waals surface area (Å²) < 4.78 is 0.171. The Morgan fingerprint density at radius 1 is 1.25 bits per heavy atom. The van der Waals surface area contributed by atoms with Crippen LogP contribution in [0.15, 0.2) is 30.3 Å². The number of nitrogens with one attached hydrogen (secondary N) is 1. The van der Waals surface area contributed by atoms with Crippen LogP contribution in [0.1, 0.15) is 18.4 Å². The monoisotopic (exact) mass is 278 g/mol. The zero-order valence-electron chi connectivity index (χ0n) is 11.3. The molecule has 6 nitrogen and oxygen atoms in total. The van der Waals surface area contributed by atoms with Gasteiger partial charge in [0.2, 0.25) is 0 Å². The predicted molar refractivity (Wildman–Crippen MR) is 73.2 cm³/mol. The second-order valence-electron chi connectivity index (χ2n) is 5.30. The zero-order chi connectivity index (χ0) is 14.6. The van der Waals surface area contributed by atoms with Crippen molar-refractivity contribution in [3.8, 4) is 0 Å². The van der Waals surface area contributed by atoms with Gasteiger partial charge in [0.15, 0.2) is 0 Å². The third-order valence-electron chi connectivity index (χ3n) is 4.04. The van der Waals surface area contributed by atoms with Gasteiger partial charge < -0.3 is 5.11 Å². The summed E-state index contributed by atoms with van der Waals surface area (Å²) in [6.07, 6.45) is 0.991. The molecule has 0 unspecified atom stereocenters. The van der Waals surface area contributed by atoms with E-state index in [0.29, 0.717) is 32.5 Å². The maximum Gasteiger partial charge on any atom is 0.430 e. The number of hydrogen-bond donors (Lipinski definition) is 3. The van der Waals surface area contributed by atoms with E-state index in [0.717, 1.165) is 5.56 Å². The lowest BCUT2D eigenvalue weighted by molar-refractivity contribution is -0.870. The molecule has 0 aliphatic carbocycles. The minimum absolute atomic E-state index is 0.171. The number of carboxylic acids is 1. The number of rotatable bonds is 3. The Kier molecular flexibility index (Phi) is 4.36. The smallest absolute Gasteiger partial charge is 0.430 e. The number of hydrogen-bond acceptors (Lipinski definition) is 3. The number of carbonyl (C=O) groups is 2. The SMILES string of the molecule is NNC(=O)[N+]1(Cc2ccccc2)CCC(C(=O)O)CC1. The molecule has 1 aromatic rings. The molecule has 2 amide bonds. The molecule has 0 saturated carbocycles. The maximum absolute atomic E-state index is 12.2. The van der Waals surface area contributed by atoms with Gasteiger partial charge in [-0.05, 0) is 0 Å². The summed E-state index contributed by atoms with van der Waals surface area (Å²) in [5.41, 5.74) is 3.27. The molecule has 0 aromatic heterocycles. The Bertz CT molecular complexity index is 482. The molecule has 4 N–H and O–H groups in total. The van der Waals surface area contributed by atoms with E-state index in [9.17, 15) is 9.59 Å². The summed E-state index contributed by atoms with van der Waals surface area (Å²) in [5.74, 6) is 4.16. The lowest BCUT2D eigenvalue weighted by atomic mass is 9.94. The summed E-state index contributed by atoms with van der Waals surface area (Å²) in [6.45, 7) is 1.53. The van der Waals surface area contributed by atoms with Crippen LogP contribution in [0.2, 0.25) is 0 Å². The number of piperidine rings is 1. The summed E-state index contributed by atoms with van der Waals surface area (Å²) in [6, 6.07) is 9.46. The Morgan fingerprint density at radius 3 is 2.35 bits per heavy atom. The molecule has 1 heterocycles. The quantitative estimate of drug-likeness (QED) is 0.334. The van der Waals surface area contributed by atoms with Crippen molar-refractivity contribution >= 4 is 12.0 Å². The topological polar surface area (TPSA) is 92.4 Å². The predicted octanol–water partition coefficient (Wildman–Crippen LogP) is 1.08. The van der Waals surface area contributed by atoms with Gasteiger partial charge in [0.25, 0.3) is 0 Å². The number of likely N-dealkylation sites (tertiary alicyclic amines) is 1. The Balaban J connectivity index is 2.16. The molecule has 6 heteroatoms. The highest BCUT2D eigenvalue weighted by Crippen LogP contribution is 2.27. The first-order valence-electron chi connectivity index (χ1n) is 6.71. The Hall–Kier alpha value is -1.92. The lowest BCUT2D eigenvalue weighted by Crippen LogP contribution is -2.61. The lowest BCUT2D eigenvalue weighted by Gasteiger charge is -2.39. The van der Waals surface area contributed by atoms with Gasteiger partial charge in [0.05, 0.1) is 19.0 Å². The molecular weight excluding hydrogens is 258 g/mol. The fourth-order valence-electron chi connectivity index (χ4n) is 2.81. The fourth-order valence-corrected chi connectivity index (χ4v) is 2.81.